The van der Waals surface area contributed by atoms with E-state index in [-0.39, 0.29) is 11.9 Å². The number of nitrogens with one attached hydrogen (secondary N) is 2. The number of carbonyl (C=O) groups excluding carboxylic acids is 2. The SMILES string of the molecule is O=C(NCc1ccn2ccnc2c1)Nc1ccc(C2CCN(C(=O)c3cccc4c3OCCO4)CC2)cc1. The molecule has 0 atom stereocenters. The Kier molecular flexibility index (Phi) is 6.56. The average Bonchev–Trinajstić information content (AvgIpc) is 3.44. The second kappa shape index (κ2) is 10.5. The van der Waals surface area contributed by atoms with Gasteiger partial charge in [0.2, 0.25) is 0 Å². The van der Waals surface area contributed by atoms with Crippen molar-refractivity contribution in [3.8, 4) is 11.5 Å². The molecule has 2 aromatic heterocycles. The zero-order chi connectivity index (χ0) is 25.9. The van der Waals surface area contributed by atoms with Crippen molar-refractivity contribution < 1.29 is 19.1 Å². The number of piperidine rings is 1. The van der Waals surface area contributed by atoms with Crippen molar-refractivity contribution in [2.45, 2.75) is 25.3 Å². The van der Waals surface area contributed by atoms with Crippen molar-refractivity contribution in [3.63, 3.8) is 0 Å². The van der Waals surface area contributed by atoms with Crippen LogP contribution in [0, 0.1) is 0 Å². The van der Waals surface area contributed by atoms with Crippen LogP contribution in [0.2, 0.25) is 0 Å². The molecule has 0 aliphatic carbocycles. The number of anilines is 1. The minimum absolute atomic E-state index is 0.0129. The fraction of sp³-hybridized carbons (Fsp3) is 0.276. The van der Waals surface area contributed by atoms with E-state index < -0.39 is 0 Å². The highest BCUT2D eigenvalue weighted by molar-refractivity contribution is 5.98. The molecule has 6 rings (SSSR count). The van der Waals surface area contributed by atoms with E-state index in [9.17, 15) is 9.59 Å². The van der Waals surface area contributed by atoms with Crippen LogP contribution in [0.25, 0.3) is 5.65 Å². The van der Waals surface area contributed by atoms with Gasteiger partial charge in [0.1, 0.15) is 18.9 Å². The number of nitrogens with zero attached hydrogens (tertiary/aromatic N) is 3. The van der Waals surface area contributed by atoms with Crippen LogP contribution in [0.15, 0.2) is 73.2 Å². The van der Waals surface area contributed by atoms with Crippen molar-refractivity contribution in [3.05, 3.63) is 89.9 Å². The fourth-order valence-electron chi connectivity index (χ4n) is 5.09. The minimum Gasteiger partial charge on any atom is -0.486 e. The van der Waals surface area contributed by atoms with Gasteiger partial charge in [0.25, 0.3) is 5.91 Å². The number of hydrogen-bond donors (Lipinski definition) is 2. The number of imidazole rings is 1. The first-order valence-corrected chi connectivity index (χ1v) is 12.9. The van der Waals surface area contributed by atoms with Gasteiger partial charge in [0, 0.05) is 43.9 Å². The molecule has 2 aliphatic heterocycles. The zero-order valence-corrected chi connectivity index (χ0v) is 20.9. The molecule has 3 amide bonds. The normalized spacial score (nSPS) is 15.3. The lowest BCUT2D eigenvalue weighted by atomic mass is 9.89. The fourth-order valence-corrected chi connectivity index (χ4v) is 5.09. The predicted molar refractivity (Wildman–Crippen MR) is 143 cm³/mol. The Morgan fingerprint density at radius 1 is 0.974 bits per heavy atom. The Morgan fingerprint density at radius 2 is 1.79 bits per heavy atom. The Hall–Kier alpha value is -4.53. The molecule has 38 heavy (non-hydrogen) atoms. The largest absolute Gasteiger partial charge is 0.486 e. The Balaban J connectivity index is 1.00. The van der Waals surface area contributed by atoms with Gasteiger partial charge in [0.05, 0.1) is 5.56 Å². The summed E-state index contributed by atoms with van der Waals surface area (Å²) in [6.07, 6.45) is 7.31. The predicted octanol–water partition coefficient (Wildman–Crippen LogP) is 4.45. The highest BCUT2D eigenvalue weighted by Gasteiger charge is 2.28. The molecule has 1 fully saturated rings. The number of fused-ring (bicyclic) bond motifs is 2. The molecule has 9 heteroatoms. The van der Waals surface area contributed by atoms with Crippen LogP contribution in [0.5, 0.6) is 11.5 Å². The van der Waals surface area contributed by atoms with E-state index in [1.165, 1.54) is 5.56 Å². The molecule has 194 valence electrons. The smallest absolute Gasteiger partial charge is 0.319 e. The van der Waals surface area contributed by atoms with Crippen LogP contribution in [0.4, 0.5) is 10.5 Å². The number of rotatable bonds is 5. The minimum atomic E-state index is -0.259. The third kappa shape index (κ3) is 5.00. The molecule has 0 radical (unpaired) electrons. The Bertz CT molecular complexity index is 1460. The third-order valence-corrected chi connectivity index (χ3v) is 7.13. The van der Waals surface area contributed by atoms with Crippen LogP contribution >= 0.6 is 0 Å². The van der Waals surface area contributed by atoms with E-state index in [0.29, 0.717) is 55.8 Å². The molecule has 2 aliphatic rings. The van der Waals surface area contributed by atoms with Gasteiger partial charge in [-0.15, -0.1) is 0 Å². The van der Waals surface area contributed by atoms with Gasteiger partial charge in [-0.25, -0.2) is 9.78 Å². The lowest BCUT2D eigenvalue weighted by molar-refractivity contribution is 0.0702. The van der Waals surface area contributed by atoms with E-state index >= 15 is 0 Å². The van der Waals surface area contributed by atoms with Crippen LogP contribution < -0.4 is 20.1 Å². The Morgan fingerprint density at radius 3 is 2.63 bits per heavy atom. The van der Waals surface area contributed by atoms with Crippen LogP contribution in [0.3, 0.4) is 0 Å². The maximum Gasteiger partial charge on any atom is 0.319 e. The van der Waals surface area contributed by atoms with Gasteiger partial charge in [-0.05, 0) is 66.3 Å². The highest BCUT2D eigenvalue weighted by atomic mass is 16.6. The summed E-state index contributed by atoms with van der Waals surface area (Å²) in [5.41, 5.74) is 4.34. The molecule has 0 unspecified atom stereocenters. The summed E-state index contributed by atoms with van der Waals surface area (Å²) in [6.45, 7) is 2.73. The standard InChI is InChI=1S/C29H29N5O4/c35-28(24-2-1-3-25-27(24)38-17-16-37-25)34-13-9-22(10-14-34)21-4-6-23(7-5-21)32-29(36)31-19-20-8-12-33-15-11-30-26(33)18-20/h1-8,11-12,15,18,22H,9-10,13-14,16-17,19H2,(H2,31,32,36). The summed E-state index contributed by atoms with van der Waals surface area (Å²) < 4.78 is 13.3. The highest BCUT2D eigenvalue weighted by Crippen LogP contribution is 2.36. The van der Waals surface area contributed by atoms with Crippen molar-refractivity contribution in [1.29, 1.82) is 0 Å². The summed E-state index contributed by atoms with van der Waals surface area (Å²) in [5.74, 6) is 1.54. The number of likely N-dealkylation sites (tertiary alicyclic amines) is 1. The van der Waals surface area contributed by atoms with Crippen molar-refractivity contribution in [1.82, 2.24) is 19.6 Å². The molecule has 2 N–H and O–H groups in total. The summed E-state index contributed by atoms with van der Waals surface area (Å²) in [5, 5.41) is 5.78. The van der Waals surface area contributed by atoms with Crippen LogP contribution in [-0.4, -0.2) is 52.5 Å². The summed E-state index contributed by atoms with van der Waals surface area (Å²) in [7, 11) is 0. The third-order valence-electron chi connectivity index (χ3n) is 7.13. The van der Waals surface area contributed by atoms with E-state index in [1.807, 2.05) is 64.2 Å². The van der Waals surface area contributed by atoms with Crippen molar-refractivity contribution >= 4 is 23.3 Å². The summed E-state index contributed by atoms with van der Waals surface area (Å²) >= 11 is 0. The number of benzene rings is 2. The molecule has 2 aromatic carbocycles. The molecular weight excluding hydrogens is 482 g/mol. The number of aromatic nitrogens is 2. The number of urea groups is 1. The van der Waals surface area contributed by atoms with Crippen molar-refractivity contribution in [2.75, 3.05) is 31.6 Å². The number of hydrogen-bond acceptors (Lipinski definition) is 5. The molecule has 0 spiro atoms. The number of para-hydroxylation sites is 1. The lowest BCUT2D eigenvalue weighted by Crippen LogP contribution is -2.38. The number of pyridine rings is 1. The monoisotopic (exact) mass is 511 g/mol. The molecule has 0 bridgehead atoms. The molecular formula is C29H29N5O4. The maximum atomic E-state index is 13.2. The number of ether oxygens (including phenoxy) is 2. The van der Waals surface area contributed by atoms with Gasteiger partial charge >= 0.3 is 6.03 Å². The first-order chi connectivity index (χ1) is 18.6. The maximum absolute atomic E-state index is 13.2. The molecule has 9 nitrogen and oxygen atoms in total. The van der Waals surface area contributed by atoms with Crippen LogP contribution in [0.1, 0.15) is 40.2 Å². The number of amides is 3. The van der Waals surface area contributed by atoms with Crippen LogP contribution in [-0.2, 0) is 6.54 Å². The summed E-state index contributed by atoms with van der Waals surface area (Å²) in [4.78, 5) is 31.8. The second-order valence-electron chi connectivity index (χ2n) is 9.55. The molecule has 1 saturated heterocycles. The Labute approximate surface area is 220 Å². The first kappa shape index (κ1) is 23.8. The van der Waals surface area contributed by atoms with Gasteiger partial charge in [0.15, 0.2) is 11.5 Å². The topological polar surface area (TPSA) is 97.2 Å². The van der Waals surface area contributed by atoms with E-state index in [4.69, 9.17) is 9.47 Å². The zero-order valence-electron chi connectivity index (χ0n) is 20.9. The molecule has 4 aromatic rings. The number of carbonyl (C=O) groups is 2. The first-order valence-electron chi connectivity index (χ1n) is 12.9. The van der Waals surface area contributed by atoms with E-state index in [1.54, 1.807) is 6.20 Å². The van der Waals surface area contributed by atoms with E-state index in [0.717, 1.165) is 29.7 Å². The second-order valence-corrected chi connectivity index (χ2v) is 9.55. The lowest BCUT2D eigenvalue weighted by Gasteiger charge is -2.33. The van der Waals surface area contributed by atoms with Gasteiger partial charge in [-0.2, -0.15) is 0 Å². The van der Waals surface area contributed by atoms with Gasteiger partial charge in [-0.3, -0.25) is 4.79 Å². The summed E-state index contributed by atoms with van der Waals surface area (Å²) in [6, 6.07) is 17.1. The molecule has 0 saturated carbocycles. The van der Waals surface area contributed by atoms with E-state index in [2.05, 4.69) is 27.8 Å². The van der Waals surface area contributed by atoms with Gasteiger partial charge < -0.3 is 29.4 Å². The van der Waals surface area contributed by atoms with Crippen molar-refractivity contribution in [2.24, 2.45) is 0 Å². The average molecular weight is 512 g/mol. The quantitative estimate of drug-likeness (QED) is 0.413. The van der Waals surface area contributed by atoms with Gasteiger partial charge in [-0.1, -0.05) is 18.2 Å². The molecule has 4 heterocycles.